The highest BCUT2D eigenvalue weighted by molar-refractivity contribution is 6.62. The molecule has 0 saturated carbocycles. The second-order valence-electron chi connectivity index (χ2n) is 3.35. The Balaban J connectivity index is 2.54. The molecule has 0 N–H and O–H groups in total. The minimum absolute atomic E-state index is 0.154. The van der Waals surface area contributed by atoms with Crippen LogP contribution in [0.2, 0.25) is 0 Å². The van der Waals surface area contributed by atoms with Crippen molar-refractivity contribution in [3.8, 4) is 0 Å². The summed E-state index contributed by atoms with van der Waals surface area (Å²) in [5.41, 5.74) is 0. The van der Waals surface area contributed by atoms with Crippen LogP contribution in [-0.2, 0) is 4.74 Å². The number of rotatable bonds is 2. The minimum Gasteiger partial charge on any atom is -0.371 e. The molecule has 2 atom stereocenters. The average Bonchev–Trinajstić information content (AvgIpc) is 2.16. The lowest BCUT2D eigenvalue weighted by Crippen LogP contribution is -2.48. The topological polar surface area (TPSA) is 29.5 Å². The van der Waals surface area contributed by atoms with Crippen molar-refractivity contribution in [2.45, 2.75) is 38.9 Å². The lowest BCUT2D eigenvalue weighted by molar-refractivity contribution is -0.0718. The van der Waals surface area contributed by atoms with Crippen LogP contribution in [0.15, 0.2) is 0 Å². The summed E-state index contributed by atoms with van der Waals surface area (Å²) >= 11 is 5.43. The first-order valence-corrected chi connectivity index (χ1v) is 5.15. The number of morpholine rings is 1. The van der Waals surface area contributed by atoms with Crippen molar-refractivity contribution < 1.29 is 9.53 Å². The quantitative estimate of drug-likeness (QED) is 0.511. The van der Waals surface area contributed by atoms with Gasteiger partial charge in [-0.05, 0) is 24.4 Å². The normalized spacial score (nSPS) is 29.0. The molecule has 4 heteroatoms. The van der Waals surface area contributed by atoms with Crippen molar-refractivity contribution in [2.75, 3.05) is 13.1 Å². The van der Waals surface area contributed by atoms with Gasteiger partial charge in [0.05, 0.1) is 12.2 Å². The van der Waals surface area contributed by atoms with Gasteiger partial charge in [-0.1, -0.05) is 13.8 Å². The maximum Gasteiger partial charge on any atom is 0.316 e. The van der Waals surface area contributed by atoms with E-state index in [4.69, 9.17) is 16.3 Å². The molecular weight excluding hydrogens is 190 g/mol. The van der Waals surface area contributed by atoms with E-state index in [9.17, 15) is 4.79 Å². The number of ether oxygens (including phenoxy) is 1. The molecule has 0 aliphatic carbocycles. The van der Waals surface area contributed by atoms with Gasteiger partial charge in [0.15, 0.2) is 0 Å². The van der Waals surface area contributed by atoms with Gasteiger partial charge >= 0.3 is 5.37 Å². The molecule has 1 amide bonds. The SMILES string of the molecule is CCC1CN(C(=O)Cl)CC(CC)O1. The third-order valence-electron chi connectivity index (χ3n) is 2.39. The van der Waals surface area contributed by atoms with Gasteiger partial charge in [-0.2, -0.15) is 0 Å². The maximum absolute atomic E-state index is 11.0. The van der Waals surface area contributed by atoms with E-state index in [1.54, 1.807) is 4.90 Å². The Bertz CT molecular complexity index is 174. The van der Waals surface area contributed by atoms with Crippen LogP contribution in [0.3, 0.4) is 0 Å². The zero-order chi connectivity index (χ0) is 9.84. The predicted molar refractivity (Wildman–Crippen MR) is 52.1 cm³/mol. The molecule has 3 nitrogen and oxygen atoms in total. The van der Waals surface area contributed by atoms with E-state index in [-0.39, 0.29) is 17.6 Å². The standard InChI is InChI=1S/C9H16ClNO2/c1-3-7-5-11(9(10)12)6-8(4-2)13-7/h7-8H,3-6H2,1-2H3. The molecule has 0 aromatic carbocycles. The van der Waals surface area contributed by atoms with Crippen molar-refractivity contribution in [3.63, 3.8) is 0 Å². The molecule has 0 spiro atoms. The van der Waals surface area contributed by atoms with Crippen molar-refractivity contribution in [3.05, 3.63) is 0 Å². The Kier molecular flexibility index (Phi) is 4.00. The Morgan fingerprint density at radius 1 is 1.38 bits per heavy atom. The third kappa shape index (κ3) is 2.85. The summed E-state index contributed by atoms with van der Waals surface area (Å²) < 4.78 is 5.71. The molecule has 0 radical (unpaired) electrons. The number of hydrogen-bond donors (Lipinski definition) is 0. The second-order valence-corrected chi connectivity index (χ2v) is 3.68. The van der Waals surface area contributed by atoms with Crippen LogP contribution in [0.25, 0.3) is 0 Å². The van der Waals surface area contributed by atoms with E-state index in [0.717, 1.165) is 12.8 Å². The van der Waals surface area contributed by atoms with E-state index in [2.05, 4.69) is 13.8 Å². The highest BCUT2D eigenvalue weighted by Crippen LogP contribution is 2.17. The summed E-state index contributed by atoms with van der Waals surface area (Å²) in [6.45, 7) is 5.38. The predicted octanol–water partition coefficient (Wildman–Crippen LogP) is 2.23. The summed E-state index contributed by atoms with van der Waals surface area (Å²) in [5, 5.41) is -0.361. The van der Waals surface area contributed by atoms with Crippen molar-refractivity contribution in [2.24, 2.45) is 0 Å². The number of halogens is 1. The van der Waals surface area contributed by atoms with Gasteiger partial charge in [0.25, 0.3) is 0 Å². The highest BCUT2D eigenvalue weighted by Gasteiger charge is 2.27. The summed E-state index contributed by atoms with van der Waals surface area (Å²) in [7, 11) is 0. The summed E-state index contributed by atoms with van der Waals surface area (Å²) in [5.74, 6) is 0. The van der Waals surface area contributed by atoms with E-state index < -0.39 is 0 Å². The molecule has 1 aliphatic heterocycles. The van der Waals surface area contributed by atoms with Crippen LogP contribution >= 0.6 is 11.6 Å². The van der Waals surface area contributed by atoms with E-state index in [1.165, 1.54) is 0 Å². The first-order chi connectivity index (χ1) is 6.17. The fourth-order valence-electron chi connectivity index (χ4n) is 1.52. The number of carbonyl (C=O) groups excluding carboxylic acids is 1. The summed E-state index contributed by atoms with van der Waals surface area (Å²) in [6, 6.07) is 0. The molecule has 76 valence electrons. The Labute approximate surface area is 84.0 Å². The van der Waals surface area contributed by atoms with Crippen molar-refractivity contribution >= 4 is 17.0 Å². The first-order valence-electron chi connectivity index (χ1n) is 4.77. The molecule has 13 heavy (non-hydrogen) atoms. The van der Waals surface area contributed by atoms with Gasteiger partial charge in [0.2, 0.25) is 0 Å². The number of hydrogen-bond acceptors (Lipinski definition) is 2. The third-order valence-corrected chi connectivity index (χ3v) is 2.63. The monoisotopic (exact) mass is 205 g/mol. The fraction of sp³-hybridized carbons (Fsp3) is 0.889. The Hall–Kier alpha value is -0.280. The van der Waals surface area contributed by atoms with E-state index in [0.29, 0.717) is 13.1 Å². The van der Waals surface area contributed by atoms with Crippen LogP contribution in [0.4, 0.5) is 4.79 Å². The molecule has 0 aromatic heterocycles. The first kappa shape index (κ1) is 10.8. The number of carbonyl (C=O) groups is 1. The van der Waals surface area contributed by atoms with Crippen LogP contribution in [0.1, 0.15) is 26.7 Å². The van der Waals surface area contributed by atoms with Crippen LogP contribution in [0, 0.1) is 0 Å². The minimum atomic E-state index is -0.361. The lowest BCUT2D eigenvalue weighted by Gasteiger charge is -2.36. The van der Waals surface area contributed by atoms with Crippen LogP contribution < -0.4 is 0 Å². The maximum atomic E-state index is 11.0. The van der Waals surface area contributed by atoms with Gasteiger partial charge < -0.3 is 9.64 Å². The van der Waals surface area contributed by atoms with Crippen molar-refractivity contribution in [1.82, 2.24) is 4.90 Å². The summed E-state index contributed by atoms with van der Waals surface area (Å²) in [4.78, 5) is 12.6. The van der Waals surface area contributed by atoms with Gasteiger partial charge in [-0.15, -0.1) is 0 Å². The zero-order valence-corrected chi connectivity index (χ0v) is 8.88. The zero-order valence-electron chi connectivity index (χ0n) is 8.12. The summed E-state index contributed by atoms with van der Waals surface area (Å²) in [6.07, 6.45) is 2.16. The second kappa shape index (κ2) is 4.82. The molecule has 2 unspecified atom stereocenters. The Morgan fingerprint density at radius 2 is 1.85 bits per heavy atom. The highest BCUT2D eigenvalue weighted by atomic mass is 35.5. The van der Waals surface area contributed by atoms with Crippen LogP contribution in [0.5, 0.6) is 0 Å². The van der Waals surface area contributed by atoms with E-state index in [1.807, 2.05) is 0 Å². The molecule has 1 heterocycles. The molecule has 1 saturated heterocycles. The van der Waals surface area contributed by atoms with Gasteiger partial charge in [-0.3, -0.25) is 4.79 Å². The smallest absolute Gasteiger partial charge is 0.316 e. The number of amides is 1. The lowest BCUT2D eigenvalue weighted by atomic mass is 10.1. The number of nitrogens with zero attached hydrogens (tertiary/aromatic N) is 1. The molecule has 0 bridgehead atoms. The van der Waals surface area contributed by atoms with Crippen LogP contribution in [-0.4, -0.2) is 35.6 Å². The molecule has 1 aliphatic rings. The Morgan fingerprint density at radius 3 is 2.15 bits per heavy atom. The molecule has 1 rings (SSSR count). The van der Waals surface area contributed by atoms with Gasteiger partial charge in [0, 0.05) is 13.1 Å². The molecule has 0 aromatic rings. The van der Waals surface area contributed by atoms with E-state index >= 15 is 0 Å². The van der Waals surface area contributed by atoms with Gasteiger partial charge in [-0.25, -0.2) is 0 Å². The average molecular weight is 206 g/mol. The molecule has 1 fully saturated rings. The fourth-order valence-corrected chi connectivity index (χ4v) is 1.66. The van der Waals surface area contributed by atoms with Crippen molar-refractivity contribution in [1.29, 1.82) is 0 Å². The molecular formula is C9H16ClNO2. The largest absolute Gasteiger partial charge is 0.371 e. The van der Waals surface area contributed by atoms with Gasteiger partial charge in [0.1, 0.15) is 0 Å².